The summed E-state index contributed by atoms with van der Waals surface area (Å²) < 4.78 is 5.32. The maximum atomic E-state index is 10.4. The van der Waals surface area contributed by atoms with Crippen molar-refractivity contribution in [3.05, 3.63) is 11.3 Å². The molecule has 5 nitrogen and oxygen atoms in total. The molecule has 0 atom stereocenters. The predicted molar refractivity (Wildman–Crippen MR) is 95.6 cm³/mol. The van der Waals surface area contributed by atoms with Crippen LogP contribution < -0.4 is 0 Å². The van der Waals surface area contributed by atoms with E-state index in [9.17, 15) is 10.2 Å². The maximum absolute atomic E-state index is 10.4. The van der Waals surface area contributed by atoms with Crippen molar-refractivity contribution in [3.63, 3.8) is 0 Å². The third-order valence-corrected chi connectivity index (χ3v) is 5.18. The van der Waals surface area contributed by atoms with Crippen molar-refractivity contribution < 1.29 is 14.6 Å². The smallest absolute Gasteiger partial charge is 0.295 e. The fraction of sp³-hybridized carbons (Fsp3) is 0.684. The molecular formula is C19H28N2O3. The Morgan fingerprint density at radius 3 is 2.17 bits per heavy atom. The van der Waals surface area contributed by atoms with Gasteiger partial charge in [0.1, 0.15) is 5.56 Å². The highest BCUT2D eigenvalue weighted by atomic mass is 16.5. The van der Waals surface area contributed by atoms with Crippen LogP contribution in [0.15, 0.2) is 14.4 Å². The molecule has 5 heteroatoms. The SMILES string of the molecule is CC(=NC1CCCCC1)c1c(O)oc(C=NC2CCCCC2)c1O. The molecule has 0 saturated heterocycles. The van der Waals surface area contributed by atoms with Gasteiger partial charge in [0.25, 0.3) is 5.95 Å². The van der Waals surface area contributed by atoms with Gasteiger partial charge in [0.15, 0.2) is 11.5 Å². The third-order valence-electron chi connectivity index (χ3n) is 5.18. The Bertz CT molecular complexity index is 606. The standard InChI is InChI=1S/C19H28N2O3/c1-13(21-15-10-6-3-7-11-15)17-18(22)16(24-19(17)23)12-20-14-8-4-2-5-9-14/h12,14-15,22-23H,2-11H2,1H3. The summed E-state index contributed by atoms with van der Waals surface area (Å²) in [6, 6.07) is 0.581. The van der Waals surface area contributed by atoms with Gasteiger partial charge in [0.2, 0.25) is 0 Å². The number of aliphatic imine (C=N–C) groups is 2. The van der Waals surface area contributed by atoms with Crippen molar-refractivity contribution in [2.24, 2.45) is 9.98 Å². The van der Waals surface area contributed by atoms with Gasteiger partial charge in [-0.2, -0.15) is 0 Å². The molecule has 2 aliphatic rings. The molecule has 2 aliphatic carbocycles. The molecule has 132 valence electrons. The Morgan fingerprint density at radius 1 is 0.958 bits per heavy atom. The molecule has 0 amide bonds. The first-order valence-corrected chi connectivity index (χ1v) is 9.28. The number of hydrogen-bond acceptors (Lipinski definition) is 5. The summed E-state index contributed by atoms with van der Waals surface area (Å²) in [4.78, 5) is 9.20. The summed E-state index contributed by atoms with van der Waals surface area (Å²) in [6.07, 6.45) is 13.2. The van der Waals surface area contributed by atoms with E-state index in [4.69, 9.17) is 4.42 Å². The topological polar surface area (TPSA) is 78.3 Å². The fourth-order valence-electron chi connectivity index (χ4n) is 3.79. The number of rotatable bonds is 4. The second-order valence-electron chi connectivity index (χ2n) is 7.07. The van der Waals surface area contributed by atoms with E-state index in [1.807, 2.05) is 6.92 Å². The van der Waals surface area contributed by atoms with E-state index >= 15 is 0 Å². The fourth-order valence-corrected chi connectivity index (χ4v) is 3.79. The summed E-state index contributed by atoms with van der Waals surface area (Å²) >= 11 is 0. The number of aromatic hydroxyl groups is 2. The quantitative estimate of drug-likeness (QED) is 0.792. The van der Waals surface area contributed by atoms with Crippen molar-refractivity contribution in [2.45, 2.75) is 83.2 Å². The van der Waals surface area contributed by atoms with Crippen LogP contribution in [0.2, 0.25) is 0 Å². The van der Waals surface area contributed by atoms with E-state index in [0.717, 1.165) is 25.7 Å². The lowest BCUT2D eigenvalue weighted by atomic mass is 9.96. The molecule has 1 aromatic rings. The van der Waals surface area contributed by atoms with Gasteiger partial charge in [-0.05, 0) is 32.6 Å². The average Bonchev–Trinajstić information content (AvgIpc) is 2.88. The monoisotopic (exact) mass is 332 g/mol. The lowest BCUT2D eigenvalue weighted by Crippen LogP contribution is -2.12. The molecule has 0 bridgehead atoms. The third kappa shape index (κ3) is 4.00. The first kappa shape index (κ1) is 17.1. The van der Waals surface area contributed by atoms with E-state index in [2.05, 4.69) is 9.98 Å². The van der Waals surface area contributed by atoms with Crippen molar-refractivity contribution in [2.75, 3.05) is 0 Å². The van der Waals surface area contributed by atoms with Gasteiger partial charge in [0, 0.05) is 0 Å². The predicted octanol–water partition coefficient (Wildman–Crippen LogP) is 4.58. The maximum Gasteiger partial charge on any atom is 0.295 e. The van der Waals surface area contributed by atoms with Crippen molar-refractivity contribution in [1.29, 1.82) is 0 Å². The molecule has 1 aromatic heterocycles. The normalized spacial score (nSPS) is 21.6. The highest BCUT2D eigenvalue weighted by molar-refractivity contribution is 6.05. The van der Waals surface area contributed by atoms with Crippen molar-refractivity contribution >= 4 is 11.9 Å². The minimum atomic E-state index is -0.269. The van der Waals surface area contributed by atoms with Crippen LogP contribution in [-0.4, -0.2) is 34.2 Å². The van der Waals surface area contributed by atoms with Crippen LogP contribution in [0.3, 0.4) is 0 Å². The minimum Gasteiger partial charge on any atom is -0.504 e. The molecule has 0 radical (unpaired) electrons. The van der Waals surface area contributed by atoms with Crippen LogP contribution in [0.25, 0.3) is 0 Å². The molecular weight excluding hydrogens is 304 g/mol. The largest absolute Gasteiger partial charge is 0.504 e. The summed E-state index contributed by atoms with van der Waals surface area (Å²) in [5.41, 5.74) is 0.948. The Balaban J connectivity index is 1.75. The molecule has 2 fully saturated rings. The zero-order chi connectivity index (χ0) is 16.9. The van der Waals surface area contributed by atoms with Crippen molar-refractivity contribution in [1.82, 2.24) is 0 Å². The van der Waals surface area contributed by atoms with E-state index in [0.29, 0.717) is 17.3 Å². The van der Waals surface area contributed by atoms with Crippen molar-refractivity contribution in [3.8, 4) is 11.7 Å². The Hall–Kier alpha value is -1.78. The first-order valence-electron chi connectivity index (χ1n) is 9.28. The highest BCUT2D eigenvalue weighted by Gasteiger charge is 2.22. The van der Waals surface area contributed by atoms with Crippen LogP contribution in [0.5, 0.6) is 11.7 Å². The molecule has 3 rings (SSSR count). The lowest BCUT2D eigenvalue weighted by molar-refractivity contribution is 0.328. The molecule has 0 aromatic carbocycles. The highest BCUT2D eigenvalue weighted by Crippen LogP contribution is 2.35. The lowest BCUT2D eigenvalue weighted by Gasteiger charge is -2.18. The summed E-state index contributed by atoms with van der Waals surface area (Å²) in [5, 5.41) is 20.5. The van der Waals surface area contributed by atoms with Crippen LogP contribution in [0, 0.1) is 0 Å². The van der Waals surface area contributed by atoms with E-state index in [-0.39, 0.29) is 23.5 Å². The molecule has 2 saturated carbocycles. The van der Waals surface area contributed by atoms with Gasteiger partial charge in [-0.1, -0.05) is 38.5 Å². The molecule has 0 unspecified atom stereocenters. The second kappa shape index (κ2) is 7.86. The first-order chi connectivity index (χ1) is 11.6. The second-order valence-corrected chi connectivity index (χ2v) is 7.07. The van der Waals surface area contributed by atoms with Gasteiger partial charge >= 0.3 is 0 Å². The number of nitrogens with zero attached hydrogens (tertiary/aromatic N) is 2. The number of hydrogen-bond donors (Lipinski definition) is 2. The molecule has 0 aliphatic heterocycles. The van der Waals surface area contributed by atoms with E-state index < -0.39 is 0 Å². The van der Waals surface area contributed by atoms with E-state index in [1.165, 1.54) is 38.5 Å². The minimum absolute atomic E-state index is 0.0517. The Kier molecular flexibility index (Phi) is 5.59. The van der Waals surface area contributed by atoms with Crippen LogP contribution in [0.1, 0.15) is 82.5 Å². The molecule has 0 spiro atoms. The van der Waals surface area contributed by atoms with Gasteiger partial charge < -0.3 is 14.6 Å². The van der Waals surface area contributed by atoms with Crippen LogP contribution in [0.4, 0.5) is 0 Å². The summed E-state index contributed by atoms with van der Waals surface area (Å²) in [7, 11) is 0. The van der Waals surface area contributed by atoms with Gasteiger partial charge in [-0.3, -0.25) is 9.98 Å². The zero-order valence-corrected chi connectivity index (χ0v) is 14.5. The van der Waals surface area contributed by atoms with Crippen LogP contribution >= 0.6 is 0 Å². The van der Waals surface area contributed by atoms with E-state index in [1.54, 1.807) is 6.21 Å². The molecule has 1 heterocycles. The molecule has 24 heavy (non-hydrogen) atoms. The van der Waals surface area contributed by atoms with Gasteiger partial charge in [-0.25, -0.2) is 0 Å². The summed E-state index contributed by atoms with van der Waals surface area (Å²) in [5.74, 6) is -0.0926. The Labute approximate surface area is 143 Å². The average molecular weight is 332 g/mol. The number of furan rings is 1. The van der Waals surface area contributed by atoms with Gasteiger partial charge in [0.05, 0.1) is 24.0 Å². The van der Waals surface area contributed by atoms with Crippen LogP contribution in [-0.2, 0) is 0 Å². The Morgan fingerprint density at radius 2 is 1.54 bits per heavy atom. The van der Waals surface area contributed by atoms with Gasteiger partial charge in [-0.15, -0.1) is 0 Å². The summed E-state index contributed by atoms with van der Waals surface area (Å²) in [6.45, 7) is 1.82. The zero-order valence-electron chi connectivity index (χ0n) is 14.5. The molecule has 2 N–H and O–H groups in total.